The molecule has 11 nitrogen and oxygen atoms in total. The standard InChI is InChI=1S/C17H27FN5O6P/c1-5-25-14-11-13(21-16(19)22-14)23(7-20-11)15-17(4,18)12(27-8-26-9(2)3)10(29-15)6-28-30-24/h9-10,12-13,15H,5-8H2,1-4H3,(H2,19,21)/t10-,12-,13?,15-,17-/m1/s1. The third-order valence-electron chi connectivity index (χ3n) is 4.86. The van der Waals surface area contributed by atoms with Gasteiger partial charge in [0.15, 0.2) is 18.1 Å². The van der Waals surface area contributed by atoms with E-state index in [-0.39, 0.29) is 38.0 Å². The summed E-state index contributed by atoms with van der Waals surface area (Å²) in [4.78, 5) is 14.4. The van der Waals surface area contributed by atoms with Crippen molar-refractivity contribution < 1.29 is 32.4 Å². The van der Waals surface area contributed by atoms with E-state index in [1.165, 1.54) is 6.92 Å². The van der Waals surface area contributed by atoms with Gasteiger partial charge in [-0.25, -0.2) is 18.8 Å². The van der Waals surface area contributed by atoms with E-state index in [9.17, 15) is 4.57 Å². The van der Waals surface area contributed by atoms with Crippen molar-refractivity contribution in [2.24, 2.45) is 20.7 Å². The number of nitrogens with two attached hydrogens (primary N) is 1. The van der Waals surface area contributed by atoms with E-state index in [0.717, 1.165) is 0 Å². The normalized spacial score (nSPS) is 34.1. The molecule has 0 bridgehead atoms. The monoisotopic (exact) mass is 447 g/mol. The van der Waals surface area contributed by atoms with Crippen molar-refractivity contribution in [3.8, 4) is 0 Å². The van der Waals surface area contributed by atoms with Crippen LogP contribution in [0.2, 0.25) is 0 Å². The maximum atomic E-state index is 16.0. The van der Waals surface area contributed by atoms with Gasteiger partial charge in [-0.05, 0) is 27.7 Å². The van der Waals surface area contributed by atoms with E-state index >= 15 is 4.39 Å². The molecule has 13 heteroatoms. The molecular weight excluding hydrogens is 420 g/mol. The molecule has 3 aliphatic heterocycles. The molecular formula is C17H27FN5O6P. The third-order valence-corrected chi connectivity index (χ3v) is 5.11. The summed E-state index contributed by atoms with van der Waals surface area (Å²) in [6.45, 7) is 7.10. The van der Waals surface area contributed by atoms with Crippen LogP contribution in [0.25, 0.3) is 0 Å². The first-order valence-electron chi connectivity index (χ1n) is 9.67. The first-order chi connectivity index (χ1) is 14.3. The molecule has 0 aliphatic carbocycles. The zero-order valence-electron chi connectivity index (χ0n) is 17.4. The summed E-state index contributed by atoms with van der Waals surface area (Å²) < 4.78 is 54.2. The van der Waals surface area contributed by atoms with E-state index in [2.05, 4.69) is 15.0 Å². The summed E-state index contributed by atoms with van der Waals surface area (Å²) >= 11 is 0. The molecule has 30 heavy (non-hydrogen) atoms. The fourth-order valence-electron chi connectivity index (χ4n) is 3.57. The van der Waals surface area contributed by atoms with Crippen molar-refractivity contribution in [3.63, 3.8) is 0 Å². The molecule has 1 unspecified atom stereocenters. The summed E-state index contributed by atoms with van der Waals surface area (Å²) in [5.41, 5.74) is 4.30. The molecule has 0 aromatic carbocycles. The molecule has 5 atom stereocenters. The van der Waals surface area contributed by atoms with Crippen LogP contribution in [0.3, 0.4) is 0 Å². The van der Waals surface area contributed by atoms with Crippen LogP contribution < -0.4 is 5.73 Å². The minimum Gasteiger partial charge on any atom is -0.477 e. The summed E-state index contributed by atoms with van der Waals surface area (Å²) in [7, 11) is -0.534. The highest BCUT2D eigenvalue weighted by atomic mass is 31.1. The highest BCUT2D eigenvalue weighted by molar-refractivity contribution is 7.17. The van der Waals surface area contributed by atoms with E-state index in [1.807, 2.05) is 20.8 Å². The fourth-order valence-corrected chi connectivity index (χ4v) is 3.78. The van der Waals surface area contributed by atoms with E-state index in [4.69, 9.17) is 29.2 Å². The molecule has 0 radical (unpaired) electrons. The maximum absolute atomic E-state index is 16.0. The fraction of sp³-hybridized carbons (Fsp3) is 0.824. The summed E-state index contributed by atoms with van der Waals surface area (Å²) in [5, 5.41) is 0. The second-order valence-corrected chi connectivity index (χ2v) is 7.79. The Kier molecular flexibility index (Phi) is 7.48. The molecule has 3 rings (SSSR count). The molecule has 1 fully saturated rings. The van der Waals surface area contributed by atoms with Gasteiger partial charge in [0.2, 0.25) is 11.9 Å². The lowest BCUT2D eigenvalue weighted by Gasteiger charge is -2.35. The predicted octanol–water partition coefficient (Wildman–Crippen LogP) is 1.23. The van der Waals surface area contributed by atoms with Gasteiger partial charge in [-0.3, -0.25) is 9.52 Å². The van der Waals surface area contributed by atoms with Gasteiger partial charge in [0.1, 0.15) is 24.7 Å². The van der Waals surface area contributed by atoms with Crippen LogP contribution in [-0.2, 0) is 28.0 Å². The van der Waals surface area contributed by atoms with Crippen LogP contribution in [0.1, 0.15) is 27.7 Å². The zero-order valence-corrected chi connectivity index (χ0v) is 18.3. The molecule has 3 heterocycles. The molecule has 0 saturated carbocycles. The Morgan fingerprint density at radius 1 is 1.47 bits per heavy atom. The Hall–Kier alpha value is -1.56. The van der Waals surface area contributed by atoms with Gasteiger partial charge in [-0.1, -0.05) is 0 Å². The Morgan fingerprint density at radius 2 is 2.23 bits per heavy atom. The van der Waals surface area contributed by atoms with Crippen molar-refractivity contribution in [2.45, 2.75) is 64.1 Å². The number of hydrogen-bond donors (Lipinski definition) is 1. The van der Waals surface area contributed by atoms with Gasteiger partial charge in [0.25, 0.3) is 0 Å². The lowest BCUT2D eigenvalue weighted by molar-refractivity contribution is -0.150. The molecule has 0 amide bonds. The van der Waals surface area contributed by atoms with Crippen LogP contribution in [-0.4, -0.2) is 85.5 Å². The third kappa shape index (κ3) is 4.68. The number of rotatable bonds is 9. The minimum atomic E-state index is -1.98. The van der Waals surface area contributed by atoms with Gasteiger partial charge < -0.3 is 24.7 Å². The van der Waals surface area contributed by atoms with Crippen molar-refractivity contribution in [1.82, 2.24) is 4.90 Å². The van der Waals surface area contributed by atoms with Gasteiger partial charge in [0.05, 0.1) is 26.0 Å². The quantitative estimate of drug-likeness (QED) is 0.413. The van der Waals surface area contributed by atoms with Gasteiger partial charge in [-0.2, -0.15) is 4.99 Å². The van der Waals surface area contributed by atoms with Crippen LogP contribution in [0.5, 0.6) is 0 Å². The Bertz CT molecular complexity index is 733. The van der Waals surface area contributed by atoms with Crippen molar-refractivity contribution in [2.75, 3.05) is 26.7 Å². The second-order valence-electron chi connectivity index (χ2n) is 7.38. The van der Waals surface area contributed by atoms with E-state index in [0.29, 0.717) is 12.3 Å². The van der Waals surface area contributed by atoms with Gasteiger partial charge in [-0.15, -0.1) is 0 Å². The van der Waals surface area contributed by atoms with E-state index < -0.39 is 39.0 Å². The van der Waals surface area contributed by atoms with Crippen molar-refractivity contribution in [3.05, 3.63) is 0 Å². The number of halogens is 1. The molecule has 1 saturated heterocycles. The number of aliphatic imine (C=N–C) groups is 3. The summed E-state index contributed by atoms with van der Waals surface area (Å²) in [5.74, 6) is 0.273. The van der Waals surface area contributed by atoms with Crippen LogP contribution in [0.15, 0.2) is 15.0 Å². The van der Waals surface area contributed by atoms with Crippen molar-refractivity contribution >= 4 is 26.3 Å². The molecule has 168 valence electrons. The predicted molar refractivity (Wildman–Crippen MR) is 106 cm³/mol. The summed E-state index contributed by atoms with van der Waals surface area (Å²) in [6.07, 6.45) is -3.72. The number of ether oxygens (including phenoxy) is 4. The van der Waals surface area contributed by atoms with E-state index in [1.54, 1.807) is 4.90 Å². The minimum absolute atomic E-state index is 0.0102. The average Bonchev–Trinajstić information content (AvgIpc) is 3.19. The SMILES string of the molecule is CCOC1=NC(N)=NC2C1=NCN2[C@@H]1O[C@H](COP=O)[C@@H](OCOC(C)C)[C@@]1(C)F. The van der Waals surface area contributed by atoms with Crippen LogP contribution in [0, 0.1) is 0 Å². The highest BCUT2D eigenvalue weighted by Crippen LogP contribution is 2.41. The number of alkyl halides is 1. The van der Waals surface area contributed by atoms with Crippen LogP contribution >= 0.6 is 8.69 Å². The molecule has 2 N–H and O–H groups in total. The lowest BCUT2D eigenvalue weighted by atomic mass is 9.97. The Balaban J connectivity index is 1.80. The average molecular weight is 447 g/mol. The zero-order chi connectivity index (χ0) is 21.9. The summed E-state index contributed by atoms with van der Waals surface area (Å²) in [6, 6.07) is 0. The lowest BCUT2D eigenvalue weighted by Crippen LogP contribution is -2.55. The molecule has 0 aromatic rings. The molecule has 3 aliphatic rings. The van der Waals surface area contributed by atoms with Gasteiger partial charge >= 0.3 is 8.69 Å². The van der Waals surface area contributed by atoms with Gasteiger partial charge in [0, 0.05) is 0 Å². The van der Waals surface area contributed by atoms with Crippen molar-refractivity contribution in [1.29, 1.82) is 0 Å². The maximum Gasteiger partial charge on any atom is 0.327 e. The molecule has 0 aromatic heterocycles. The number of guanidine groups is 1. The number of hydrogen-bond acceptors (Lipinski definition) is 11. The second kappa shape index (κ2) is 9.71. The molecule has 0 spiro atoms. The largest absolute Gasteiger partial charge is 0.477 e. The first kappa shape index (κ1) is 23.1. The number of fused-ring (bicyclic) bond motifs is 1. The highest BCUT2D eigenvalue weighted by Gasteiger charge is 2.60. The topological polar surface area (TPSA) is 130 Å². The smallest absolute Gasteiger partial charge is 0.327 e. The first-order valence-corrected chi connectivity index (χ1v) is 10.4. The number of nitrogens with zero attached hydrogens (tertiary/aromatic N) is 4. The Labute approximate surface area is 175 Å². The Morgan fingerprint density at radius 3 is 2.90 bits per heavy atom. The van der Waals surface area contributed by atoms with Crippen LogP contribution in [0.4, 0.5) is 4.39 Å².